The maximum atomic E-state index is 14.0. The summed E-state index contributed by atoms with van der Waals surface area (Å²) in [6, 6.07) is 7.69. The predicted octanol–water partition coefficient (Wildman–Crippen LogP) is 4.09. The molecule has 0 aliphatic carbocycles. The van der Waals surface area contributed by atoms with E-state index < -0.39 is 17.5 Å². The van der Waals surface area contributed by atoms with E-state index >= 15 is 0 Å². The van der Waals surface area contributed by atoms with E-state index in [0.717, 1.165) is 12.1 Å². The molecule has 0 saturated heterocycles. The van der Waals surface area contributed by atoms with Gasteiger partial charge in [0.2, 0.25) is 0 Å². The summed E-state index contributed by atoms with van der Waals surface area (Å²) in [7, 11) is 0. The second kappa shape index (κ2) is 5.40. The van der Waals surface area contributed by atoms with E-state index in [1.165, 1.54) is 24.4 Å². The summed E-state index contributed by atoms with van der Waals surface area (Å²) in [4.78, 5) is 25.8. The molecule has 4 nitrogen and oxygen atoms in total. The molecular weight excluding hydrogens is 290 g/mol. The van der Waals surface area contributed by atoms with Crippen LogP contribution in [0.25, 0.3) is 21.9 Å². The molecule has 2 aromatic carbocycles. The standard InChI is InChI=1S/C16H8F2N2O2/c17-11-3-4-12(15(18)6-11)14-8-19-7-10-2-1-9(5-13(10)14)16(21)20-22/h1-8H. The molecule has 0 unspecified atom stereocenters. The van der Waals surface area contributed by atoms with Crippen LogP contribution in [0.5, 0.6) is 0 Å². The number of fused-ring (bicyclic) bond motifs is 1. The largest absolute Gasteiger partial charge is 0.316 e. The lowest BCUT2D eigenvalue weighted by Crippen LogP contribution is -1.95. The zero-order valence-electron chi connectivity index (χ0n) is 11.1. The Hall–Kier alpha value is -3.02. The van der Waals surface area contributed by atoms with Gasteiger partial charge in [-0.25, -0.2) is 8.78 Å². The molecule has 1 amide bonds. The molecule has 6 heteroatoms. The first-order chi connectivity index (χ1) is 10.6. The van der Waals surface area contributed by atoms with E-state index in [4.69, 9.17) is 0 Å². The van der Waals surface area contributed by atoms with Gasteiger partial charge in [-0.15, -0.1) is 4.91 Å². The van der Waals surface area contributed by atoms with Crippen molar-refractivity contribution in [3.63, 3.8) is 0 Å². The van der Waals surface area contributed by atoms with Crippen LogP contribution in [-0.2, 0) is 0 Å². The summed E-state index contributed by atoms with van der Waals surface area (Å²) in [5.41, 5.74) is 0.649. The number of carbonyl (C=O) groups is 1. The fourth-order valence-corrected chi connectivity index (χ4v) is 2.27. The second-order valence-electron chi connectivity index (χ2n) is 4.64. The minimum atomic E-state index is -0.913. The zero-order valence-corrected chi connectivity index (χ0v) is 11.1. The number of carbonyl (C=O) groups excluding carboxylic acids is 1. The number of nitroso groups, excluding NO2 is 1. The molecular formula is C16H8F2N2O2. The maximum absolute atomic E-state index is 14.0. The lowest BCUT2D eigenvalue weighted by molar-refractivity contribution is 0.100. The van der Waals surface area contributed by atoms with Gasteiger partial charge >= 0.3 is 5.91 Å². The number of benzene rings is 2. The summed E-state index contributed by atoms with van der Waals surface area (Å²) in [5.74, 6) is -2.33. The van der Waals surface area contributed by atoms with Gasteiger partial charge in [-0.3, -0.25) is 9.78 Å². The van der Waals surface area contributed by atoms with E-state index in [-0.39, 0.29) is 11.1 Å². The number of hydrogen-bond donors (Lipinski definition) is 0. The number of hydrogen-bond acceptors (Lipinski definition) is 3. The highest BCUT2D eigenvalue weighted by molar-refractivity contribution is 6.03. The third kappa shape index (κ3) is 2.35. The van der Waals surface area contributed by atoms with Gasteiger partial charge < -0.3 is 0 Å². The number of nitrogens with zero attached hydrogens (tertiary/aromatic N) is 2. The lowest BCUT2D eigenvalue weighted by Gasteiger charge is -2.08. The molecule has 0 fully saturated rings. The van der Waals surface area contributed by atoms with Gasteiger partial charge in [0, 0.05) is 45.7 Å². The van der Waals surface area contributed by atoms with E-state index in [9.17, 15) is 18.5 Å². The van der Waals surface area contributed by atoms with E-state index in [1.54, 1.807) is 12.3 Å². The minimum absolute atomic E-state index is 0.0949. The third-order valence-corrected chi connectivity index (χ3v) is 3.31. The molecule has 0 atom stereocenters. The first kappa shape index (κ1) is 13.9. The van der Waals surface area contributed by atoms with Gasteiger partial charge in [-0.05, 0) is 29.7 Å². The Morgan fingerprint density at radius 2 is 1.82 bits per heavy atom. The molecule has 0 bridgehead atoms. The SMILES string of the molecule is O=NC(=O)c1ccc2cncc(-c3ccc(F)cc3F)c2c1. The molecule has 108 valence electrons. The Morgan fingerprint density at radius 3 is 2.55 bits per heavy atom. The zero-order chi connectivity index (χ0) is 15.7. The van der Waals surface area contributed by atoms with Gasteiger partial charge in [0.15, 0.2) is 0 Å². The minimum Gasteiger partial charge on any atom is -0.263 e. The van der Waals surface area contributed by atoms with E-state index in [0.29, 0.717) is 16.3 Å². The normalized spacial score (nSPS) is 10.6. The fourth-order valence-electron chi connectivity index (χ4n) is 2.27. The van der Waals surface area contributed by atoms with Crippen LogP contribution in [-0.4, -0.2) is 10.9 Å². The molecule has 0 radical (unpaired) electrons. The highest BCUT2D eigenvalue weighted by Gasteiger charge is 2.13. The van der Waals surface area contributed by atoms with Crippen LogP contribution in [0.1, 0.15) is 10.4 Å². The van der Waals surface area contributed by atoms with Gasteiger partial charge in [0.05, 0.1) is 0 Å². The Labute approximate surface area is 123 Å². The van der Waals surface area contributed by atoms with Crippen LogP contribution >= 0.6 is 0 Å². The van der Waals surface area contributed by atoms with Crippen molar-refractivity contribution < 1.29 is 13.6 Å². The summed E-state index contributed by atoms with van der Waals surface area (Å²) in [5, 5.41) is 3.55. The van der Waals surface area contributed by atoms with Gasteiger partial charge in [0.1, 0.15) is 11.6 Å². The van der Waals surface area contributed by atoms with Crippen LogP contribution in [0.4, 0.5) is 8.78 Å². The molecule has 0 aliphatic heterocycles. The number of halogens is 2. The van der Waals surface area contributed by atoms with E-state index in [2.05, 4.69) is 10.2 Å². The number of rotatable bonds is 2. The van der Waals surface area contributed by atoms with Crippen LogP contribution in [0, 0.1) is 16.5 Å². The smallest absolute Gasteiger partial charge is 0.263 e. The Balaban J connectivity index is 2.29. The lowest BCUT2D eigenvalue weighted by atomic mass is 9.98. The number of amides is 1. The Morgan fingerprint density at radius 1 is 1.00 bits per heavy atom. The van der Waals surface area contributed by atoms with Crippen LogP contribution in [0.3, 0.4) is 0 Å². The quantitative estimate of drug-likeness (QED) is 0.669. The summed E-state index contributed by atoms with van der Waals surface area (Å²) in [6.07, 6.45) is 2.96. The van der Waals surface area contributed by atoms with Crippen LogP contribution in [0.15, 0.2) is 54.0 Å². The second-order valence-corrected chi connectivity index (χ2v) is 4.64. The van der Waals surface area contributed by atoms with Gasteiger partial charge in [0.25, 0.3) is 0 Å². The molecule has 3 aromatic rings. The first-order valence-electron chi connectivity index (χ1n) is 6.31. The van der Waals surface area contributed by atoms with Crippen molar-refractivity contribution in [2.75, 3.05) is 0 Å². The molecule has 3 rings (SSSR count). The fraction of sp³-hybridized carbons (Fsp3) is 0. The molecule has 1 aromatic heterocycles. The third-order valence-electron chi connectivity index (χ3n) is 3.31. The molecule has 0 aliphatic rings. The maximum Gasteiger partial charge on any atom is 0.316 e. The van der Waals surface area contributed by atoms with Crippen molar-refractivity contribution >= 4 is 16.7 Å². The molecule has 1 heterocycles. The molecule has 0 N–H and O–H groups in total. The van der Waals surface area contributed by atoms with Gasteiger partial charge in [-0.1, -0.05) is 6.07 Å². The molecule has 0 saturated carbocycles. The Kier molecular flexibility index (Phi) is 3.42. The summed E-state index contributed by atoms with van der Waals surface area (Å²) < 4.78 is 27.0. The summed E-state index contributed by atoms with van der Waals surface area (Å²) in [6.45, 7) is 0. The predicted molar refractivity (Wildman–Crippen MR) is 77.2 cm³/mol. The average molecular weight is 298 g/mol. The Bertz CT molecular complexity index is 910. The van der Waals surface area contributed by atoms with Crippen molar-refractivity contribution in [2.45, 2.75) is 0 Å². The molecule has 0 spiro atoms. The average Bonchev–Trinajstić information content (AvgIpc) is 2.53. The summed E-state index contributed by atoms with van der Waals surface area (Å²) >= 11 is 0. The molecule has 22 heavy (non-hydrogen) atoms. The monoisotopic (exact) mass is 298 g/mol. The van der Waals surface area contributed by atoms with Crippen molar-refractivity contribution in [3.8, 4) is 11.1 Å². The number of aromatic nitrogens is 1. The van der Waals surface area contributed by atoms with Crippen molar-refractivity contribution in [3.05, 3.63) is 70.9 Å². The number of pyridine rings is 1. The van der Waals surface area contributed by atoms with Crippen LogP contribution in [0.2, 0.25) is 0 Å². The topological polar surface area (TPSA) is 59.4 Å². The van der Waals surface area contributed by atoms with Crippen molar-refractivity contribution in [2.24, 2.45) is 5.18 Å². The van der Waals surface area contributed by atoms with Gasteiger partial charge in [-0.2, -0.15) is 0 Å². The highest BCUT2D eigenvalue weighted by Crippen LogP contribution is 2.30. The first-order valence-corrected chi connectivity index (χ1v) is 6.31. The van der Waals surface area contributed by atoms with Crippen molar-refractivity contribution in [1.82, 2.24) is 4.98 Å². The highest BCUT2D eigenvalue weighted by atomic mass is 19.1. The van der Waals surface area contributed by atoms with Crippen LogP contribution < -0.4 is 0 Å². The van der Waals surface area contributed by atoms with Crippen molar-refractivity contribution in [1.29, 1.82) is 0 Å². The van der Waals surface area contributed by atoms with E-state index in [1.807, 2.05) is 0 Å².